The lowest BCUT2D eigenvalue weighted by Gasteiger charge is -2.10. The molecule has 5 heteroatoms. The molecule has 0 aliphatic rings. The number of carbonyl (C=O) groups is 1. The van der Waals surface area contributed by atoms with Gasteiger partial charge in [-0.1, -0.05) is 15.9 Å². The molecule has 0 saturated heterocycles. The lowest BCUT2D eigenvalue weighted by molar-refractivity contribution is 0.0888. The minimum Gasteiger partial charge on any atom is -0.383 e. The summed E-state index contributed by atoms with van der Waals surface area (Å²) in [4.78, 5) is 11.6. The molecular weight excluding hydrogens is 265 g/mol. The highest BCUT2D eigenvalue weighted by molar-refractivity contribution is 9.10. The Balaban J connectivity index is 2.95. The summed E-state index contributed by atoms with van der Waals surface area (Å²) in [5.41, 5.74) is 5.50. The number of carbonyl (C=O) groups excluding carboxylic acids is 1. The molecule has 1 rings (SSSR count). The standard InChI is InChI=1S/C10H11BrFNO2/c1-15-5-9(13)10(14)7-4-6(11)2-3-8(7)12/h2-4,9H,5,13H2,1H3. The molecule has 1 aromatic carbocycles. The molecule has 0 radical (unpaired) electrons. The van der Waals surface area contributed by atoms with Crippen molar-refractivity contribution in [2.24, 2.45) is 5.73 Å². The first-order valence-corrected chi connectivity index (χ1v) is 5.09. The van der Waals surface area contributed by atoms with Gasteiger partial charge in [-0.25, -0.2) is 4.39 Å². The molecule has 0 aliphatic carbocycles. The van der Waals surface area contributed by atoms with Gasteiger partial charge in [0.1, 0.15) is 5.82 Å². The van der Waals surface area contributed by atoms with E-state index in [-0.39, 0.29) is 12.2 Å². The largest absolute Gasteiger partial charge is 0.383 e. The Morgan fingerprint density at radius 2 is 2.33 bits per heavy atom. The second-order valence-corrected chi connectivity index (χ2v) is 3.97. The van der Waals surface area contributed by atoms with E-state index in [1.165, 1.54) is 25.3 Å². The van der Waals surface area contributed by atoms with Crippen molar-refractivity contribution in [1.82, 2.24) is 0 Å². The fourth-order valence-electron chi connectivity index (χ4n) is 1.14. The predicted molar refractivity (Wildman–Crippen MR) is 58.3 cm³/mol. The molecule has 0 heterocycles. The van der Waals surface area contributed by atoms with Gasteiger partial charge in [0.25, 0.3) is 0 Å². The van der Waals surface area contributed by atoms with E-state index in [0.717, 1.165) is 0 Å². The van der Waals surface area contributed by atoms with Crippen LogP contribution < -0.4 is 5.73 Å². The molecule has 2 N–H and O–H groups in total. The average Bonchev–Trinajstić information content (AvgIpc) is 2.21. The van der Waals surface area contributed by atoms with E-state index in [4.69, 9.17) is 10.5 Å². The van der Waals surface area contributed by atoms with Crippen LogP contribution in [0.4, 0.5) is 4.39 Å². The fraction of sp³-hybridized carbons (Fsp3) is 0.300. The van der Waals surface area contributed by atoms with Gasteiger partial charge in [-0.2, -0.15) is 0 Å². The first-order chi connectivity index (χ1) is 7.06. The summed E-state index contributed by atoms with van der Waals surface area (Å²) in [7, 11) is 1.43. The number of ketones is 1. The molecule has 1 aromatic rings. The third kappa shape index (κ3) is 3.09. The second-order valence-electron chi connectivity index (χ2n) is 3.05. The van der Waals surface area contributed by atoms with Gasteiger partial charge >= 0.3 is 0 Å². The van der Waals surface area contributed by atoms with Crippen LogP contribution in [-0.4, -0.2) is 25.5 Å². The van der Waals surface area contributed by atoms with Crippen LogP contribution in [0.15, 0.2) is 22.7 Å². The monoisotopic (exact) mass is 275 g/mol. The van der Waals surface area contributed by atoms with Crippen LogP contribution in [0, 0.1) is 5.82 Å². The third-order valence-electron chi connectivity index (χ3n) is 1.88. The van der Waals surface area contributed by atoms with Crippen LogP contribution in [0.25, 0.3) is 0 Å². The van der Waals surface area contributed by atoms with Crippen molar-refractivity contribution in [1.29, 1.82) is 0 Å². The summed E-state index contributed by atoms with van der Waals surface area (Å²) in [6.45, 7) is 0.0742. The summed E-state index contributed by atoms with van der Waals surface area (Å²) in [6, 6.07) is 3.32. The molecule has 15 heavy (non-hydrogen) atoms. The summed E-state index contributed by atoms with van der Waals surface area (Å²) >= 11 is 3.16. The lowest BCUT2D eigenvalue weighted by atomic mass is 10.1. The molecule has 0 aromatic heterocycles. The number of rotatable bonds is 4. The van der Waals surface area contributed by atoms with Crippen LogP contribution in [0.2, 0.25) is 0 Å². The SMILES string of the molecule is COCC(N)C(=O)c1cc(Br)ccc1F. The smallest absolute Gasteiger partial charge is 0.184 e. The Labute approximate surface area is 95.5 Å². The topological polar surface area (TPSA) is 52.3 Å². The Kier molecular flexibility index (Phi) is 4.38. The first-order valence-electron chi connectivity index (χ1n) is 4.30. The number of Topliss-reactive ketones (excluding diaryl/α,β-unsaturated/α-hetero) is 1. The van der Waals surface area contributed by atoms with Crippen LogP contribution in [0.5, 0.6) is 0 Å². The number of ether oxygens (including phenoxy) is 1. The second kappa shape index (κ2) is 5.34. The predicted octanol–water partition coefficient (Wildman–Crippen LogP) is 1.74. The highest BCUT2D eigenvalue weighted by atomic mass is 79.9. The van der Waals surface area contributed by atoms with Gasteiger partial charge in [0.05, 0.1) is 18.2 Å². The molecule has 1 atom stereocenters. The Morgan fingerprint density at radius 1 is 1.67 bits per heavy atom. The van der Waals surface area contributed by atoms with Crippen molar-refractivity contribution < 1.29 is 13.9 Å². The lowest BCUT2D eigenvalue weighted by Crippen LogP contribution is -2.35. The highest BCUT2D eigenvalue weighted by Crippen LogP contribution is 2.16. The summed E-state index contributed by atoms with van der Waals surface area (Å²) in [5.74, 6) is -1.04. The normalized spacial score (nSPS) is 12.5. The molecule has 0 aliphatic heterocycles. The molecule has 82 valence electrons. The maximum Gasteiger partial charge on any atom is 0.184 e. The Morgan fingerprint density at radius 3 is 2.93 bits per heavy atom. The van der Waals surface area contributed by atoms with E-state index >= 15 is 0 Å². The quantitative estimate of drug-likeness (QED) is 0.852. The molecule has 0 spiro atoms. The van der Waals surface area contributed by atoms with Crippen molar-refractivity contribution in [3.63, 3.8) is 0 Å². The van der Waals surface area contributed by atoms with Crippen molar-refractivity contribution in [3.05, 3.63) is 34.1 Å². The van der Waals surface area contributed by atoms with E-state index < -0.39 is 17.6 Å². The number of benzene rings is 1. The maximum absolute atomic E-state index is 13.3. The average molecular weight is 276 g/mol. The van der Waals surface area contributed by atoms with Crippen LogP contribution in [-0.2, 0) is 4.74 Å². The van der Waals surface area contributed by atoms with Gasteiger partial charge in [0, 0.05) is 11.6 Å². The van der Waals surface area contributed by atoms with Crippen molar-refractivity contribution in [2.75, 3.05) is 13.7 Å². The molecule has 0 fully saturated rings. The summed E-state index contributed by atoms with van der Waals surface area (Å²) < 4.78 is 18.7. The van der Waals surface area contributed by atoms with Crippen LogP contribution >= 0.6 is 15.9 Å². The number of hydrogen-bond donors (Lipinski definition) is 1. The zero-order valence-electron chi connectivity index (χ0n) is 8.17. The van der Waals surface area contributed by atoms with Crippen molar-refractivity contribution in [2.45, 2.75) is 6.04 Å². The number of hydrogen-bond acceptors (Lipinski definition) is 3. The number of nitrogens with two attached hydrogens (primary N) is 1. The number of halogens is 2. The van der Waals surface area contributed by atoms with Gasteiger partial charge < -0.3 is 10.5 Å². The summed E-state index contributed by atoms with van der Waals surface area (Å²) in [6.07, 6.45) is 0. The van der Waals surface area contributed by atoms with Crippen molar-refractivity contribution >= 4 is 21.7 Å². The molecule has 0 bridgehead atoms. The molecule has 0 saturated carbocycles. The minimum absolute atomic E-state index is 0.0195. The highest BCUT2D eigenvalue weighted by Gasteiger charge is 2.19. The third-order valence-corrected chi connectivity index (χ3v) is 2.37. The van der Waals surface area contributed by atoms with Gasteiger partial charge in [-0.05, 0) is 18.2 Å². The first kappa shape index (κ1) is 12.3. The zero-order valence-corrected chi connectivity index (χ0v) is 9.75. The minimum atomic E-state index is -0.834. The number of methoxy groups -OCH3 is 1. The van der Waals surface area contributed by atoms with E-state index in [1.807, 2.05) is 0 Å². The van der Waals surface area contributed by atoms with E-state index in [9.17, 15) is 9.18 Å². The van der Waals surface area contributed by atoms with E-state index in [1.54, 1.807) is 0 Å². The molecule has 0 amide bonds. The van der Waals surface area contributed by atoms with E-state index in [2.05, 4.69) is 15.9 Å². The van der Waals surface area contributed by atoms with Crippen LogP contribution in [0.1, 0.15) is 10.4 Å². The van der Waals surface area contributed by atoms with E-state index in [0.29, 0.717) is 4.47 Å². The fourth-order valence-corrected chi connectivity index (χ4v) is 1.50. The maximum atomic E-state index is 13.3. The van der Waals surface area contributed by atoms with Gasteiger partial charge in [-0.3, -0.25) is 4.79 Å². The van der Waals surface area contributed by atoms with Crippen LogP contribution in [0.3, 0.4) is 0 Å². The molecular formula is C10H11BrFNO2. The van der Waals surface area contributed by atoms with Crippen molar-refractivity contribution in [3.8, 4) is 0 Å². The molecule has 1 unspecified atom stereocenters. The zero-order chi connectivity index (χ0) is 11.4. The van der Waals surface area contributed by atoms with Gasteiger partial charge in [0.15, 0.2) is 5.78 Å². The Bertz CT molecular complexity index is 370. The molecule has 3 nitrogen and oxygen atoms in total. The van der Waals surface area contributed by atoms with Gasteiger partial charge in [0.2, 0.25) is 0 Å². The summed E-state index contributed by atoms with van der Waals surface area (Å²) in [5, 5.41) is 0. The van der Waals surface area contributed by atoms with Gasteiger partial charge in [-0.15, -0.1) is 0 Å². The Hall–Kier alpha value is -0.780.